The van der Waals surface area contributed by atoms with Crippen molar-refractivity contribution < 1.29 is 9.22 Å². The van der Waals surface area contributed by atoms with Gasteiger partial charge < -0.3 is 9.22 Å². The zero-order valence-electron chi connectivity index (χ0n) is 7.95. The van der Waals surface area contributed by atoms with Gasteiger partial charge in [0.1, 0.15) is 5.76 Å². The molecular formula is C10H14O2Si. The number of benzene rings is 1. The fraction of sp³-hybridized carbons (Fsp3) is 0.200. The first kappa shape index (κ1) is 10.0. The van der Waals surface area contributed by atoms with Crippen molar-refractivity contribution >= 4 is 14.3 Å². The van der Waals surface area contributed by atoms with Crippen molar-refractivity contribution in [1.82, 2.24) is 0 Å². The summed E-state index contributed by atoms with van der Waals surface area (Å²) in [4.78, 5) is 9.51. The molecule has 0 saturated heterocycles. The van der Waals surface area contributed by atoms with E-state index in [0.29, 0.717) is 5.76 Å². The van der Waals surface area contributed by atoms with Crippen molar-refractivity contribution in [2.45, 2.75) is 13.1 Å². The summed E-state index contributed by atoms with van der Waals surface area (Å²) in [6.45, 7) is 7.18. The summed E-state index contributed by atoms with van der Waals surface area (Å²) >= 11 is 0. The molecule has 0 aliphatic carbocycles. The molecule has 1 aromatic carbocycles. The summed E-state index contributed by atoms with van der Waals surface area (Å²) in [5, 5.41) is 0. The Balaban J connectivity index is 2.71. The third-order valence-corrected chi connectivity index (χ3v) is 2.21. The SMILES string of the molecule is C=C(O[Si](C)(C)O)c1ccccc1. The zero-order chi connectivity index (χ0) is 9.90. The average molecular weight is 194 g/mol. The van der Waals surface area contributed by atoms with E-state index in [9.17, 15) is 4.80 Å². The number of rotatable bonds is 3. The predicted molar refractivity (Wildman–Crippen MR) is 56.3 cm³/mol. The first-order valence-corrected chi connectivity index (χ1v) is 7.00. The van der Waals surface area contributed by atoms with Crippen LogP contribution < -0.4 is 0 Å². The van der Waals surface area contributed by atoms with Gasteiger partial charge in [0, 0.05) is 5.56 Å². The standard InChI is InChI=1S/C10H14O2Si/c1-9(12-13(2,3)11)10-7-5-4-6-8-10/h4-8,11H,1H2,2-3H3. The van der Waals surface area contributed by atoms with Crippen LogP contribution in [-0.2, 0) is 4.43 Å². The molecule has 1 aromatic rings. The highest BCUT2D eigenvalue weighted by Crippen LogP contribution is 2.16. The molecule has 0 aromatic heterocycles. The van der Waals surface area contributed by atoms with Gasteiger partial charge in [-0.3, -0.25) is 0 Å². The minimum Gasteiger partial charge on any atom is -0.520 e. The third-order valence-electron chi connectivity index (χ3n) is 1.47. The van der Waals surface area contributed by atoms with Crippen molar-refractivity contribution in [3.8, 4) is 0 Å². The van der Waals surface area contributed by atoms with Gasteiger partial charge in [0.15, 0.2) is 0 Å². The van der Waals surface area contributed by atoms with Gasteiger partial charge in [0.2, 0.25) is 0 Å². The first-order chi connectivity index (χ1) is 5.99. The van der Waals surface area contributed by atoms with Crippen molar-refractivity contribution in [1.29, 1.82) is 0 Å². The summed E-state index contributed by atoms with van der Waals surface area (Å²) in [5.41, 5.74) is 0.914. The molecule has 3 heteroatoms. The molecule has 2 nitrogen and oxygen atoms in total. The van der Waals surface area contributed by atoms with Crippen molar-refractivity contribution in [3.05, 3.63) is 42.5 Å². The molecule has 0 aliphatic rings. The summed E-state index contributed by atoms with van der Waals surface area (Å²) in [6, 6.07) is 9.56. The van der Waals surface area contributed by atoms with Gasteiger partial charge in [0.25, 0.3) is 0 Å². The van der Waals surface area contributed by atoms with Crippen LogP contribution in [0.1, 0.15) is 5.56 Å². The van der Waals surface area contributed by atoms with Crippen LogP contribution in [0.4, 0.5) is 0 Å². The molecule has 0 aliphatic heterocycles. The van der Waals surface area contributed by atoms with Crippen molar-refractivity contribution in [2.24, 2.45) is 0 Å². The lowest BCUT2D eigenvalue weighted by molar-refractivity contribution is 0.367. The highest BCUT2D eigenvalue weighted by molar-refractivity contribution is 6.64. The predicted octanol–water partition coefficient (Wildman–Crippen LogP) is 2.37. The van der Waals surface area contributed by atoms with Gasteiger partial charge in [-0.15, -0.1) is 0 Å². The maximum atomic E-state index is 9.51. The Bertz CT molecular complexity index is 288. The lowest BCUT2D eigenvalue weighted by Crippen LogP contribution is -2.28. The van der Waals surface area contributed by atoms with Gasteiger partial charge in [0.05, 0.1) is 0 Å². The number of hydrogen-bond donors (Lipinski definition) is 1. The van der Waals surface area contributed by atoms with E-state index in [-0.39, 0.29) is 0 Å². The Labute approximate surface area is 79.7 Å². The second-order valence-electron chi connectivity index (χ2n) is 3.34. The van der Waals surface area contributed by atoms with Gasteiger partial charge in [-0.1, -0.05) is 36.9 Å². The molecular weight excluding hydrogens is 180 g/mol. The van der Waals surface area contributed by atoms with E-state index in [1.165, 1.54) is 0 Å². The van der Waals surface area contributed by atoms with Gasteiger partial charge in [-0.25, -0.2) is 0 Å². The molecule has 13 heavy (non-hydrogen) atoms. The third kappa shape index (κ3) is 3.44. The molecule has 0 heterocycles. The normalized spacial score (nSPS) is 11.0. The fourth-order valence-electron chi connectivity index (χ4n) is 0.984. The maximum Gasteiger partial charge on any atom is 0.389 e. The average Bonchev–Trinajstić information content (AvgIpc) is 2.03. The topological polar surface area (TPSA) is 29.5 Å². The van der Waals surface area contributed by atoms with Crippen LogP contribution in [0, 0.1) is 0 Å². The minimum atomic E-state index is -2.50. The van der Waals surface area contributed by atoms with Gasteiger partial charge >= 0.3 is 8.56 Å². The number of hydrogen-bond acceptors (Lipinski definition) is 2. The largest absolute Gasteiger partial charge is 0.520 e. The van der Waals surface area contributed by atoms with E-state index in [2.05, 4.69) is 6.58 Å². The second-order valence-corrected chi connectivity index (χ2v) is 6.44. The maximum absolute atomic E-state index is 9.51. The quantitative estimate of drug-likeness (QED) is 0.591. The molecule has 1 N–H and O–H groups in total. The Morgan fingerprint density at radius 3 is 2.31 bits per heavy atom. The summed E-state index contributed by atoms with van der Waals surface area (Å²) < 4.78 is 5.32. The van der Waals surface area contributed by atoms with E-state index in [4.69, 9.17) is 4.43 Å². The molecule has 1 rings (SSSR count). The van der Waals surface area contributed by atoms with Crippen LogP contribution in [0.2, 0.25) is 13.1 Å². The van der Waals surface area contributed by atoms with Crippen LogP contribution in [0.15, 0.2) is 36.9 Å². The zero-order valence-corrected chi connectivity index (χ0v) is 8.95. The Kier molecular flexibility index (Phi) is 2.90. The molecule has 0 atom stereocenters. The van der Waals surface area contributed by atoms with Gasteiger partial charge in [-0.2, -0.15) is 0 Å². The van der Waals surface area contributed by atoms with Crippen LogP contribution in [0.25, 0.3) is 5.76 Å². The lowest BCUT2D eigenvalue weighted by Gasteiger charge is -2.18. The Morgan fingerprint density at radius 2 is 1.85 bits per heavy atom. The van der Waals surface area contributed by atoms with E-state index in [1.54, 1.807) is 13.1 Å². The van der Waals surface area contributed by atoms with E-state index >= 15 is 0 Å². The lowest BCUT2D eigenvalue weighted by atomic mass is 10.2. The highest BCUT2D eigenvalue weighted by Gasteiger charge is 2.21. The van der Waals surface area contributed by atoms with Crippen LogP contribution in [-0.4, -0.2) is 13.4 Å². The second kappa shape index (κ2) is 3.76. The molecule has 0 unspecified atom stereocenters. The Hall–Kier alpha value is -1.06. The van der Waals surface area contributed by atoms with Crippen molar-refractivity contribution in [2.75, 3.05) is 0 Å². The summed E-state index contributed by atoms with van der Waals surface area (Å²) in [7, 11) is -2.50. The van der Waals surface area contributed by atoms with Crippen LogP contribution in [0.5, 0.6) is 0 Å². The highest BCUT2D eigenvalue weighted by atomic mass is 28.4. The molecule has 0 amide bonds. The first-order valence-electron chi connectivity index (χ1n) is 4.15. The monoisotopic (exact) mass is 194 g/mol. The van der Waals surface area contributed by atoms with E-state index in [0.717, 1.165) is 5.56 Å². The summed E-state index contributed by atoms with van der Waals surface area (Å²) in [5.74, 6) is 0.541. The molecule has 0 bridgehead atoms. The molecule has 0 spiro atoms. The fourth-order valence-corrected chi connectivity index (χ4v) is 1.71. The van der Waals surface area contributed by atoms with Crippen LogP contribution >= 0.6 is 0 Å². The molecule has 0 radical (unpaired) electrons. The summed E-state index contributed by atoms with van der Waals surface area (Å²) in [6.07, 6.45) is 0. The van der Waals surface area contributed by atoms with E-state index < -0.39 is 8.56 Å². The smallest absolute Gasteiger partial charge is 0.389 e. The molecule has 70 valence electrons. The van der Waals surface area contributed by atoms with Crippen molar-refractivity contribution in [3.63, 3.8) is 0 Å². The molecule has 0 saturated carbocycles. The van der Waals surface area contributed by atoms with Crippen LogP contribution in [0.3, 0.4) is 0 Å². The van der Waals surface area contributed by atoms with E-state index in [1.807, 2.05) is 30.3 Å². The molecule has 0 fully saturated rings. The van der Waals surface area contributed by atoms with Gasteiger partial charge in [-0.05, 0) is 13.1 Å². The Morgan fingerprint density at radius 1 is 1.31 bits per heavy atom. The minimum absolute atomic E-state index is 0.541.